The van der Waals surface area contributed by atoms with Crippen LogP contribution in [0.1, 0.15) is 36.0 Å². The van der Waals surface area contributed by atoms with Gasteiger partial charge in [-0.3, -0.25) is 9.59 Å². The van der Waals surface area contributed by atoms with Crippen molar-refractivity contribution in [3.63, 3.8) is 0 Å². The summed E-state index contributed by atoms with van der Waals surface area (Å²) in [5.74, 6) is -1.14. The highest BCUT2D eigenvalue weighted by atomic mass is 16.4. The largest absolute Gasteiger partial charge is 0.481 e. The molecule has 5 nitrogen and oxygen atoms in total. The maximum atomic E-state index is 12.0. The van der Waals surface area contributed by atoms with Crippen molar-refractivity contribution in [2.45, 2.75) is 25.7 Å². The Labute approximate surface area is 111 Å². The molecule has 0 spiro atoms. The molecule has 0 bridgehead atoms. The Hall–Kier alpha value is -2.04. The molecule has 1 aliphatic rings. The number of rotatable bonds is 4. The predicted octanol–water partition coefficient (Wildman–Crippen LogP) is 1.64. The van der Waals surface area contributed by atoms with Gasteiger partial charge >= 0.3 is 5.97 Å². The standard InChI is InChI=1S/C14H18N2O3/c15-11-6-2-1-5-10(11)12(17)16-9-14(13(18)19)7-3-4-8-14/h1-2,5-6H,3-4,7-9,15H2,(H,16,17)(H,18,19). The second kappa shape index (κ2) is 5.30. The average molecular weight is 262 g/mol. The highest BCUT2D eigenvalue weighted by Gasteiger charge is 2.41. The number of anilines is 1. The van der Waals surface area contributed by atoms with Crippen LogP contribution in [-0.2, 0) is 4.79 Å². The van der Waals surface area contributed by atoms with Crippen molar-refractivity contribution in [1.82, 2.24) is 5.32 Å². The summed E-state index contributed by atoms with van der Waals surface area (Å²) in [5.41, 5.74) is 5.70. The van der Waals surface area contributed by atoms with Gasteiger partial charge in [-0.25, -0.2) is 0 Å². The Balaban J connectivity index is 2.04. The number of benzene rings is 1. The number of para-hydroxylation sites is 1. The number of hydrogen-bond donors (Lipinski definition) is 3. The molecule has 0 aliphatic heterocycles. The fourth-order valence-corrected chi connectivity index (χ4v) is 2.57. The number of carbonyl (C=O) groups excluding carboxylic acids is 1. The molecule has 1 fully saturated rings. The Morgan fingerprint density at radius 2 is 1.89 bits per heavy atom. The number of carbonyl (C=O) groups is 2. The first kappa shape index (κ1) is 13.4. The monoisotopic (exact) mass is 262 g/mol. The quantitative estimate of drug-likeness (QED) is 0.719. The van der Waals surface area contributed by atoms with Crippen LogP contribution in [-0.4, -0.2) is 23.5 Å². The second-order valence-corrected chi connectivity index (χ2v) is 5.06. The summed E-state index contributed by atoms with van der Waals surface area (Å²) in [6.07, 6.45) is 3.03. The van der Waals surface area contributed by atoms with Gasteiger partial charge in [0.1, 0.15) is 0 Å². The molecule has 1 aromatic carbocycles. The van der Waals surface area contributed by atoms with E-state index in [1.807, 2.05) is 0 Å². The average Bonchev–Trinajstić information content (AvgIpc) is 2.86. The molecule has 0 saturated heterocycles. The lowest BCUT2D eigenvalue weighted by molar-refractivity contribution is -0.148. The maximum Gasteiger partial charge on any atom is 0.311 e. The van der Waals surface area contributed by atoms with E-state index in [9.17, 15) is 14.7 Å². The van der Waals surface area contributed by atoms with Crippen LogP contribution in [0.4, 0.5) is 5.69 Å². The molecule has 0 atom stereocenters. The smallest absolute Gasteiger partial charge is 0.311 e. The second-order valence-electron chi connectivity index (χ2n) is 5.06. The van der Waals surface area contributed by atoms with Gasteiger partial charge in [0.25, 0.3) is 5.91 Å². The molecule has 4 N–H and O–H groups in total. The minimum absolute atomic E-state index is 0.162. The van der Waals surface area contributed by atoms with E-state index >= 15 is 0 Å². The molecule has 0 unspecified atom stereocenters. The van der Waals surface area contributed by atoms with E-state index in [1.165, 1.54) is 0 Å². The molecular weight excluding hydrogens is 244 g/mol. The third kappa shape index (κ3) is 2.70. The Kier molecular flexibility index (Phi) is 3.74. The summed E-state index contributed by atoms with van der Waals surface area (Å²) in [6.45, 7) is 0.162. The van der Waals surface area contributed by atoms with E-state index in [2.05, 4.69) is 5.32 Å². The third-order valence-electron chi connectivity index (χ3n) is 3.81. The molecule has 19 heavy (non-hydrogen) atoms. The molecule has 1 saturated carbocycles. The summed E-state index contributed by atoms with van der Waals surface area (Å²) in [5, 5.41) is 12.0. The van der Waals surface area contributed by atoms with E-state index in [1.54, 1.807) is 24.3 Å². The number of nitrogens with one attached hydrogen (secondary N) is 1. The Bertz CT molecular complexity index is 493. The lowest BCUT2D eigenvalue weighted by Crippen LogP contribution is -2.41. The van der Waals surface area contributed by atoms with Crippen LogP contribution in [0.5, 0.6) is 0 Å². The van der Waals surface area contributed by atoms with Crippen molar-refractivity contribution in [1.29, 1.82) is 0 Å². The molecule has 5 heteroatoms. The summed E-state index contributed by atoms with van der Waals surface area (Å²) >= 11 is 0. The van der Waals surface area contributed by atoms with E-state index in [0.29, 0.717) is 24.1 Å². The van der Waals surface area contributed by atoms with Gasteiger partial charge in [0.05, 0.1) is 11.0 Å². The van der Waals surface area contributed by atoms with Gasteiger partial charge in [-0.15, -0.1) is 0 Å². The van der Waals surface area contributed by atoms with Crippen molar-refractivity contribution in [3.05, 3.63) is 29.8 Å². The molecule has 0 aromatic heterocycles. The summed E-state index contributed by atoms with van der Waals surface area (Å²) in [4.78, 5) is 23.4. The lowest BCUT2D eigenvalue weighted by Gasteiger charge is -2.24. The van der Waals surface area contributed by atoms with E-state index in [0.717, 1.165) is 12.8 Å². The topological polar surface area (TPSA) is 92.4 Å². The number of aliphatic carboxylic acids is 1. The van der Waals surface area contributed by atoms with Gasteiger partial charge in [-0.2, -0.15) is 0 Å². The SMILES string of the molecule is Nc1ccccc1C(=O)NCC1(C(=O)O)CCCC1. The Morgan fingerprint density at radius 1 is 1.26 bits per heavy atom. The number of amides is 1. The van der Waals surface area contributed by atoms with Crippen LogP contribution < -0.4 is 11.1 Å². The van der Waals surface area contributed by atoms with E-state index < -0.39 is 11.4 Å². The van der Waals surface area contributed by atoms with Crippen molar-refractivity contribution in [3.8, 4) is 0 Å². The van der Waals surface area contributed by atoms with Crippen molar-refractivity contribution in [2.24, 2.45) is 5.41 Å². The number of nitrogen functional groups attached to an aromatic ring is 1. The fraction of sp³-hybridized carbons (Fsp3) is 0.429. The van der Waals surface area contributed by atoms with Crippen molar-refractivity contribution < 1.29 is 14.7 Å². The molecule has 2 rings (SSSR count). The zero-order chi connectivity index (χ0) is 13.9. The van der Waals surface area contributed by atoms with Crippen molar-refractivity contribution in [2.75, 3.05) is 12.3 Å². The summed E-state index contributed by atoms with van der Waals surface area (Å²) < 4.78 is 0. The maximum absolute atomic E-state index is 12.0. The molecule has 1 aliphatic carbocycles. The molecule has 102 valence electrons. The van der Waals surface area contributed by atoms with Crippen LogP contribution in [0.25, 0.3) is 0 Å². The van der Waals surface area contributed by atoms with Gasteiger partial charge in [0, 0.05) is 12.2 Å². The highest BCUT2D eigenvalue weighted by Crippen LogP contribution is 2.37. The zero-order valence-corrected chi connectivity index (χ0v) is 10.7. The van der Waals surface area contributed by atoms with Gasteiger partial charge in [0.15, 0.2) is 0 Å². The number of nitrogens with two attached hydrogens (primary N) is 1. The summed E-state index contributed by atoms with van der Waals surface area (Å²) in [6, 6.07) is 6.76. The first-order valence-corrected chi connectivity index (χ1v) is 6.41. The van der Waals surface area contributed by atoms with E-state index in [4.69, 9.17) is 5.73 Å². The summed E-state index contributed by atoms with van der Waals surface area (Å²) in [7, 11) is 0. The van der Waals surface area contributed by atoms with Gasteiger partial charge in [-0.1, -0.05) is 25.0 Å². The fourth-order valence-electron chi connectivity index (χ4n) is 2.57. The number of carboxylic acid groups (broad SMARTS) is 1. The number of carboxylic acids is 1. The predicted molar refractivity (Wildman–Crippen MR) is 71.7 cm³/mol. The van der Waals surface area contributed by atoms with Crippen LogP contribution in [0.15, 0.2) is 24.3 Å². The normalized spacial score (nSPS) is 17.1. The molecule has 1 amide bonds. The molecular formula is C14H18N2O3. The van der Waals surface area contributed by atoms with Crippen LogP contribution in [0.2, 0.25) is 0 Å². The highest BCUT2D eigenvalue weighted by molar-refractivity contribution is 5.99. The molecule has 0 heterocycles. The third-order valence-corrected chi connectivity index (χ3v) is 3.81. The molecule has 1 aromatic rings. The lowest BCUT2D eigenvalue weighted by atomic mass is 9.86. The first-order chi connectivity index (χ1) is 9.05. The van der Waals surface area contributed by atoms with Crippen LogP contribution in [0.3, 0.4) is 0 Å². The molecule has 0 radical (unpaired) electrons. The van der Waals surface area contributed by atoms with Crippen LogP contribution >= 0.6 is 0 Å². The van der Waals surface area contributed by atoms with Crippen LogP contribution in [0, 0.1) is 5.41 Å². The first-order valence-electron chi connectivity index (χ1n) is 6.41. The Morgan fingerprint density at radius 3 is 2.47 bits per heavy atom. The van der Waals surface area contributed by atoms with Gasteiger partial charge in [0.2, 0.25) is 0 Å². The number of hydrogen-bond acceptors (Lipinski definition) is 3. The van der Waals surface area contributed by atoms with Gasteiger partial charge in [-0.05, 0) is 25.0 Å². The minimum Gasteiger partial charge on any atom is -0.481 e. The van der Waals surface area contributed by atoms with Crippen molar-refractivity contribution >= 4 is 17.6 Å². The zero-order valence-electron chi connectivity index (χ0n) is 10.7. The van der Waals surface area contributed by atoms with Gasteiger partial charge < -0.3 is 16.2 Å². The minimum atomic E-state index is -0.827. The van der Waals surface area contributed by atoms with E-state index in [-0.39, 0.29) is 12.5 Å².